The van der Waals surface area contributed by atoms with Crippen LogP contribution in [0.3, 0.4) is 0 Å². The molecule has 2 aromatic carbocycles. The molecular weight excluding hydrogens is 418 g/mol. The van der Waals surface area contributed by atoms with Crippen molar-refractivity contribution in [2.24, 2.45) is 5.10 Å². The number of nitrogens with zero attached hydrogens (tertiary/aromatic N) is 2. The minimum Gasteiger partial charge on any atom is -0.445 e. The fourth-order valence-corrected chi connectivity index (χ4v) is 3.33. The Morgan fingerprint density at radius 3 is 2.61 bits per heavy atom. The molecule has 4 rings (SSSR count). The lowest BCUT2D eigenvalue weighted by Crippen LogP contribution is -2.47. The second-order valence-electron chi connectivity index (χ2n) is 7.34. The number of para-hydroxylation sites is 1. The molecule has 0 aliphatic carbocycles. The summed E-state index contributed by atoms with van der Waals surface area (Å²) in [6.45, 7) is 0.105. The summed E-state index contributed by atoms with van der Waals surface area (Å²) in [4.78, 5) is 32.5. The fraction of sp³-hybridized carbons (Fsp3) is 0.120. The van der Waals surface area contributed by atoms with Gasteiger partial charge in [-0.05, 0) is 34.9 Å². The van der Waals surface area contributed by atoms with E-state index in [1.807, 2.05) is 60.8 Å². The number of hydrogen-bond acceptors (Lipinski definition) is 5. The van der Waals surface area contributed by atoms with Crippen molar-refractivity contribution in [1.29, 1.82) is 0 Å². The van der Waals surface area contributed by atoms with Gasteiger partial charge in [-0.15, -0.1) is 0 Å². The van der Waals surface area contributed by atoms with Crippen molar-refractivity contribution >= 4 is 29.1 Å². The molecular formula is C25H23N5O3. The summed E-state index contributed by atoms with van der Waals surface area (Å²) < 4.78 is 5.31. The van der Waals surface area contributed by atoms with Gasteiger partial charge in [0.1, 0.15) is 12.6 Å². The van der Waals surface area contributed by atoms with E-state index in [9.17, 15) is 9.59 Å². The molecule has 0 saturated carbocycles. The van der Waals surface area contributed by atoms with E-state index in [4.69, 9.17) is 4.74 Å². The quantitative estimate of drug-likeness (QED) is 0.287. The number of amides is 2. The predicted octanol–water partition coefficient (Wildman–Crippen LogP) is 3.55. The summed E-state index contributed by atoms with van der Waals surface area (Å²) in [6, 6.07) is 19.7. The Labute approximate surface area is 190 Å². The van der Waals surface area contributed by atoms with Crippen LogP contribution in [-0.2, 0) is 22.6 Å². The van der Waals surface area contributed by atoms with Gasteiger partial charge < -0.3 is 15.0 Å². The lowest BCUT2D eigenvalue weighted by molar-refractivity contribution is -0.123. The number of hydrogen-bond donors (Lipinski definition) is 3. The van der Waals surface area contributed by atoms with Gasteiger partial charge in [0.2, 0.25) is 0 Å². The van der Waals surface area contributed by atoms with Crippen LogP contribution in [0.2, 0.25) is 0 Å². The molecule has 0 bridgehead atoms. The molecule has 0 unspecified atom stereocenters. The lowest BCUT2D eigenvalue weighted by Gasteiger charge is -2.17. The second-order valence-corrected chi connectivity index (χ2v) is 7.34. The van der Waals surface area contributed by atoms with Crippen molar-refractivity contribution in [3.8, 4) is 0 Å². The highest BCUT2D eigenvalue weighted by Gasteiger charge is 2.23. The Morgan fingerprint density at radius 1 is 1.03 bits per heavy atom. The first-order chi connectivity index (χ1) is 16.2. The van der Waals surface area contributed by atoms with Gasteiger partial charge in [-0.3, -0.25) is 9.78 Å². The molecule has 0 aliphatic rings. The summed E-state index contributed by atoms with van der Waals surface area (Å²) in [6.07, 6.45) is 6.19. The number of alkyl carbamates (subject to hydrolysis) is 1. The van der Waals surface area contributed by atoms with Crippen molar-refractivity contribution in [2.75, 3.05) is 0 Å². The molecule has 0 fully saturated rings. The number of benzene rings is 2. The molecule has 1 atom stereocenters. The number of H-pyrrole nitrogens is 1. The van der Waals surface area contributed by atoms with Crippen molar-refractivity contribution < 1.29 is 14.3 Å². The molecule has 33 heavy (non-hydrogen) atoms. The van der Waals surface area contributed by atoms with Gasteiger partial charge in [0, 0.05) is 35.9 Å². The maximum absolute atomic E-state index is 12.9. The van der Waals surface area contributed by atoms with E-state index in [1.165, 1.54) is 6.21 Å². The van der Waals surface area contributed by atoms with Crippen LogP contribution in [0.15, 0.2) is 90.4 Å². The predicted molar refractivity (Wildman–Crippen MR) is 126 cm³/mol. The summed E-state index contributed by atoms with van der Waals surface area (Å²) in [5.74, 6) is -0.456. The number of carbonyl (C=O) groups excluding carboxylic acids is 2. The molecule has 0 radical (unpaired) electrons. The smallest absolute Gasteiger partial charge is 0.408 e. The van der Waals surface area contributed by atoms with E-state index in [2.05, 4.69) is 25.8 Å². The van der Waals surface area contributed by atoms with E-state index in [-0.39, 0.29) is 13.0 Å². The highest BCUT2D eigenvalue weighted by atomic mass is 16.5. The van der Waals surface area contributed by atoms with Gasteiger partial charge in [0.15, 0.2) is 0 Å². The molecule has 8 heteroatoms. The van der Waals surface area contributed by atoms with Gasteiger partial charge in [0.05, 0.1) is 6.21 Å². The van der Waals surface area contributed by atoms with Gasteiger partial charge in [-0.25, -0.2) is 10.2 Å². The number of pyridine rings is 1. The number of aromatic nitrogens is 2. The molecule has 0 aliphatic heterocycles. The molecule has 0 saturated heterocycles. The van der Waals surface area contributed by atoms with Crippen molar-refractivity contribution in [3.63, 3.8) is 0 Å². The maximum atomic E-state index is 12.9. The van der Waals surface area contributed by atoms with Gasteiger partial charge in [-0.2, -0.15) is 5.10 Å². The Bertz CT molecular complexity index is 1240. The zero-order valence-electron chi connectivity index (χ0n) is 17.8. The number of aromatic amines is 1. The van der Waals surface area contributed by atoms with Gasteiger partial charge in [-0.1, -0.05) is 48.5 Å². The van der Waals surface area contributed by atoms with E-state index in [0.29, 0.717) is 0 Å². The van der Waals surface area contributed by atoms with Crippen LogP contribution < -0.4 is 10.7 Å². The molecule has 166 valence electrons. The van der Waals surface area contributed by atoms with Crippen molar-refractivity contribution in [1.82, 2.24) is 20.7 Å². The van der Waals surface area contributed by atoms with Crippen molar-refractivity contribution in [3.05, 3.63) is 102 Å². The van der Waals surface area contributed by atoms with Crippen LogP contribution in [0.25, 0.3) is 10.9 Å². The molecule has 2 aromatic heterocycles. The lowest BCUT2D eigenvalue weighted by atomic mass is 10.0. The first-order valence-corrected chi connectivity index (χ1v) is 10.4. The Balaban J connectivity index is 1.45. The second kappa shape index (κ2) is 10.7. The Morgan fingerprint density at radius 2 is 1.79 bits per heavy atom. The number of carbonyl (C=O) groups is 2. The first kappa shape index (κ1) is 21.8. The highest BCUT2D eigenvalue weighted by molar-refractivity contribution is 5.89. The number of fused-ring (bicyclic) bond motifs is 1. The third-order valence-electron chi connectivity index (χ3n) is 5.01. The normalized spacial score (nSPS) is 11.9. The monoisotopic (exact) mass is 441 g/mol. The van der Waals surface area contributed by atoms with Crippen molar-refractivity contribution in [2.45, 2.75) is 19.1 Å². The number of ether oxygens (including phenoxy) is 1. The van der Waals surface area contributed by atoms with Gasteiger partial charge >= 0.3 is 6.09 Å². The Kier molecular flexibility index (Phi) is 7.07. The number of nitrogens with one attached hydrogen (secondary N) is 3. The highest BCUT2D eigenvalue weighted by Crippen LogP contribution is 2.19. The molecule has 8 nitrogen and oxygen atoms in total. The molecule has 2 heterocycles. The van der Waals surface area contributed by atoms with E-state index in [1.54, 1.807) is 24.5 Å². The minimum absolute atomic E-state index is 0.105. The average molecular weight is 441 g/mol. The number of hydrazone groups is 1. The van der Waals surface area contributed by atoms with Crippen LogP contribution in [0.5, 0.6) is 0 Å². The topological polar surface area (TPSA) is 108 Å². The molecule has 2 amide bonds. The first-order valence-electron chi connectivity index (χ1n) is 10.4. The fourth-order valence-electron chi connectivity index (χ4n) is 3.33. The van der Waals surface area contributed by atoms with Crippen LogP contribution >= 0.6 is 0 Å². The van der Waals surface area contributed by atoms with E-state index < -0.39 is 18.0 Å². The van der Waals surface area contributed by atoms with Crippen LogP contribution in [0.1, 0.15) is 16.7 Å². The van der Waals surface area contributed by atoms with E-state index in [0.717, 1.165) is 27.6 Å². The van der Waals surface area contributed by atoms with Crippen LogP contribution in [-0.4, -0.2) is 34.2 Å². The molecule has 0 spiro atoms. The average Bonchev–Trinajstić information content (AvgIpc) is 3.26. The summed E-state index contributed by atoms with van der Waals surface area (Å²) in [7, 11) is 0. The number of rotatable bonds is 8. The molecule has 4 aromatic rings. The van der Waals surface area contributed by atoms with Gasteiger partial charge in [0.25, 0.3) is 5.91 Å². The molecule has 3 N–H and O–H groups in total. The standard InChI is InChI=1S/C25H23N5O3/c31-24(30-28-15-18-10-12-26-13-11-18)23(14-20-16-27-22-9-5-4-8-21(20)22)29-25(32)33-17-19-6-2-1-3-7-19/h1-13,15-16,23,27H,14,17H2,(H,29,32)(H,30,31)/b28-15-/t23-/m1/s1. The SMILES string of the molecule is O=C(N[C@H](Cc1c[nH]c2ccccc12)C(=O)N/N=C\c1ccncc1)OCc1ccccc1. The zero-order chi connectivity index (χ0) is 22.9. The largest absolute Gasteiger partial charge is 0.445 e. The minimum atomic E-state index is -0.887. The van der Waals surface area contributed by atoms with Crippen LogP contribution in [0, 0.1) is 0 Å². The Hall–Kier alpha value is -4.46. The third-order valence-corrected chi connectivity index (χ3v) is 5.01. The summed E-state index contributed by atoms with van der Waals surface area (Å²) in [5, 5.41) is 7.65. The third kappa shape index (κ3) is 6.04. The summed E-state index contributed by atoms with van der Waals surface area (Å²) in [5.41, 5.74) is 5.99. The maximum Gasteiger partial charge on any atom is 0.408 e. The van der Waals surface area contributed by atoms with Crippen LogP contribution in [0.4, 0.5) is 4.79 Å². The van der Waals surface area contributed by atoms with E-state index >= 15 is 0 Å². The zero-order valence-corrected chi connectivity index (χ0v) is 17.8. The summed E-state index contributed by atoms with van der Waals surface area (Å²) >= 11 is 0.